The van der Waals surface area contributed by atoms with Crippen LogP contribution < -0.4 is 0 Å². The summed E-state index contributed by atoms with van der Waals surface area (Å²) >= 11 is 0. The van der Waals surface area contributed by atoms with Gasteiger partial charge in [0.15, 0.2) is 0 Å². The third-order valence-electron chi connectivity index (χ3n) is 4.16. The summed E-state index contributed by atoms with van der Waals surface area (Å²) in [6.45, 7) is 5.98. The number of amides is 1. The lowest BCUT2D eigenvalue weighted by Crippen LogP contribution is -2.39. The summed E-state index contributed by atoms with van der Waals surface area (Å²) in [4.78, 5) is 13.8. The van der Waals surface area contributed by atoms with Gasteiger partial charge in [-0.2, -0.15) is 13.2 Å². The second-order valence-corrected chi connectivity index (χ2v) is 10.1. The maximum absolute atomic E-state index is 12.2. The summed E-state index contributed by atoms with van der Waals surface area (Å²) in [6, 6.07) is -0.0368. The Morgan fingerprint density at radius 1 is 1.12 bits per heavy atom. The molecule has 0 saturated carbocycles. The molecule has 5 nitrogen and oxygen atoms in total. The molecule has 9 heteroatoms. The predicted octanol–water partition coefficient (Wildman–Crippen LogP) is 4.31. The van der Waals surface area contributed by atoms with E-state index < -0.39 is 28.0 Å². The summed E-state index contributed by atoms with van der Waals surface area (Å²) in [5.41, 5.74) is -0.579. The number of likely N-dealkylation sites (tertiary alicyclic amines) is 1. The molecule has 1 rings (SSSR count). The predicted molar refractivity (Wildman–Crippen MR) is 93.8 cm³/mol. The van der Waals surface area contributed by atoms with Crippen molar-refractivity contribution >= 4 is 15.9 Å². The molecule has 0 aromatic carbocycles. The molecule has 1 amide bonds. The van der Waals surface area contributed by atoms with Crippen molar-refractivity contribution < 1.29 is 31.1 Å². The van der Waals surface area contributed by atoms with Gasteiger partial charge < -0.3 is 9.64 Å². The van der Waals surface area contributed by atoms with Crippen LogP contribution in [0.4, 0.5) is 18.0 Å². The van der Waals surface area contributed by atoms with Crippen LogP contribution in [0.1, 0.15) is 65.7 Å². The van der Waals surface area contributed by atoms with Crippen LogP contribution in [-0.2, 0) is 14.6 Å². The number of hydrogen-bond donors (Lipinski definition) is 0. The zero-order chi connectivity index (χ0) is 20.0. The van der Waals surface area contributed by atoms with Gasteiger partial charge in [-0.05, 0) is 59.3 Å². The van der Waals surface area contributed by atoms with Gasteiger partial charge in [0.25, 0.3) is 0 Å². The molecule has 1 fully saturated rings. The molecule has 0 bridgehead atoms. The van der Waals surface area contributed by atoms with E-state index in [1.54, 1.807) is 25.7 Å². The molecule has 0 spiro atoms. The molecule has 1 unspecified atom stereocenters. The third-order valence-corrected chi connectivity index (χ3v) is 5.98. The van der Waals surface area contributed by atoms with Gasteiger partial charge in [0.05, 0.1) is 11.5 Å². The van der Waals surface area contributed by atoms with Crippen LogP contribution in [0.3, 0.4) is 0 Å². The molecular weight excluding hydrogens is 371 g/mol. The van der Waals surface area contributed by atoms with E-state index in [2.05, 4.69) is 0 Å². The molecule has 154 valence electrons. The number of carbonyl (C=O) groups is 1. The van der Waals surface area contributed by atoms with Gasteiger partial charge in [0, 0.05) is 19.0 Å². The van der Waals surface area contributed by atoms with Crippen molar-refractivity contribution in [3.63, 3.8) is 0 Å². The summed E-state index contributed by atoms with van der Waals surface area (Å²) in [6.07, 6.45) is -3.10. The normalized spacial score (nSPS) is 19.0. The number of sulfone groups is 1. The van der Waals surface area contributed by atoms with Crippen LogP contribution in [0.2, 0.25) is 0 Å². The van der Waals surface area contributed by atoms with Crippen molar-refractivity contribution in [2.24, 2.45) is 0 Å². The fourth-order valence-corrected chi connectivity index (χ4v) is 4.44. The Hall–Kier alpha value is -0.990. The van der Waals surface area contributed by atoms with E-state index in [0.29, 0.717) is 19.4 Å². The van der Waals surface area contributed by atoms with E-state index in [9.17, 15) is 26.4 Å². The van der Waals surface area contributed by atoms with Crippen LogP contribution >= 0.6 is 0 Å². The molecule has 1 aliphatic rings. The fourth-order valence-electron chi connectivity index (χ4n) is 2.99. The summed E-state index contributed by atoms with van der Waals surface area (Å²) in [7, 11) is -3.36. The van der Waals surface area contributed by atoms with E-state index in [4.69, 9.17) is 4.74 Å². The topological polar surface area (TPSA) is 63.7 Å². The smallest absolute Gasteiger partial charge is 0.410 e. The first-order chi connectivity index (χ1) is 11.8. The Morgan fingerprint density at radius 2 is 1.73 bits per heavy atom. The highest BCUT2D eigenvalue weighted by Gasteiger charge is 2.32. The Balaban J connectivity index is 2.35. The Morgan fingerprint density at radius 3 is 2.31 bits per heavy atom. The number of nitrogens with zero attached hydrogens (tertiary/aromatic N) is 1. The van der Waals surface area contributed by atoms with E-state index in [1.165, 1.54) is 0 Å². The quantitative estimate of drug-likeness (QED) is 0.569. The van der Waals surface area contributed by atoms with Crippen molar-refractivity contribution in [1.29, 1.82) is 0 Å². The van der Waals surface area contributed by atoms with Gasteiger partial charge in [-0.25, -0.2) is 13.2 Å². The number of carbonyl (C=O) groups excluding carboxylic acids is 1. The molecular formula is C17H30F3NO4S. The second kappa shape index (κ2) is 9.28. The monoisotopic (exact) mass is 401 g/mol. The Bertz CT molecular complexity index is 555. The molecule has 0 aromatic rings. The maximum atomic E-state index is 12.2. The minimum atomic E-state index is -4.24. The first-order valence-electron chi connectivity index (χ1n) is 9.06. The van der Waals surface area contributed by atoms with Crippen molar-refractivity contribution in [2.75, 3.05) is 18.1 Å². The number of rotatable bonds is 8. The number of alkyl halides is 3. The molecule has 0 N–H and O–H groups in total. The Labute approximate surface area is 154 Å². The molecule has 0 aliphatic carbocycles. The maximum Gasteiger partial charge on any atom is 0.410 e. The number of ether oxygens (including phenoxy) is 1. The van der Waals surface area contributed by atoms with Crippen molar-refractivity contribution in [2.45, 2.75) is 83.5 Å². The lowest BCUT2D eigenvalue weighted by atomic mass is 10.1. The average molecular weight is 401 g/mol. The summed E-state index contributed by atoms with van der Waals surface area (Å²) in [5, 5.41) is 0. The van der Waals surface area contributed by atoms with Gasteiger partial charge >= 0.3 is 12.3 Å². The van der Waals surface area contributed by atoms with Crippen LogP contribution in [0.15, 0.2) is 0 Å². The SMILES string of the molecule is CC(C)(C)OC(=O)N1CCCC1CCCS(=O)(=O)CCCCC(F)(F)F. The standard InChI is InChI=1S/C17H30F3NO4S/c1-16(2,3)25-15(22)21-11-6-8-14(21)9-7-13-26(23,24)12-5-4-10-17(18,19)20/h14H,4-13H2,1-3H3. The highest BCUT2D eigenvalue weighted by molar-refractivity contribution is 7.91. The number of halogens is 3. The van der Waals surface area contributed by atoms with Crippen molar-refractivity contribution in [1.82, 2.24) is 4.90 Å². The lowest BCUT2D eigenvalue weighted by Gasteiger charge is -2.28. The van der Waals surface area contributed by atoms with Crippen molar-refractivity contribution in [3.8, 4) is 0 Å². The van der Waals surface area contributed by atoms with Gasteiger partial charge in [0.1, 0.15) is 15.4 Å². The van der Waals surface area contributed by atoms with Crippen LogP contribution in [0.25, 0.3) is 0 Å². The van der Waals surface area contributed by atoms with Gasteiger partial charge in [-0.1, -0.05) is 0 Å². The average Bonchev–Trinajstić information content (AvgIpc) is 2.89. The minimum absolute atomic E-state index is 0.0231. The van der Waals surface area contributed by atoms with E-state index in [0.717, 1.165) is 12.8 Å². The van der Waals surface area contributed by atoms with Crippen LogP contribution in [-0.4, -0.2) is 55.3 Å². The summed E-state index contributed by atoms with van der Waals surface area (Å²) in [5.74, 6) is -0.277. The van der Waals surface area contributed by atoms with E-state index >= 15 is 0 Å². The zero-order valence-corrected chi connectivity index (χ0v) is 16.6. The molecule has 26 heavy (non-hydrogen) atoms. The zero-order valence-electron chi connectivity index (χ0n) is 15.8. The van der Waals surface area contributed by atoms with Crippen molar-refractivity contribution in [3.05, 3.63) is 0 Å². The van der Waals surface area contributed by atoms with Gasteiger partial charge in [-0.15, -0.1) is 0 Å². The molecule has 1 atom stereocenters. The van der Waals surface area contributed by atoms with E-state index in [1.807, 2.05) is 0 Å². The Kier molecular flexibility index (Phi) is 8.23. The lowest BCUT2D eigenvalue weighted by molar-refractivity contribution is -0.135. The first kappa shape index (κ1) is 23.0. The van der Waals surface area contributed by atoms with Crippen LogP contribution in [0.5, 0.6) is 0 Å². The minimum Gasteiger partial charge on any atom is -0.444 e. The summed E-state index contributed by atoms with van der Waals surface area (Å²) < 4.78 is 65.5. The fraction of sp³-hybridized carbons (Fsp3) is 0.941. The molecule has 0 aromatic heterocycles. The number of hydrogen-bond acceptors (Lipinski definition) is 4. The molecule has 1 heterocycles. The third kappa shape index (κ3) is 9.64. The van der Waals surface area contributed by atoms with Crippen LogP contribution in [0, 0.1) is 0 Å². The highest BCUT2D eigenvalue weighted by atomic mass is 32.2. The molecule has 1 aliphatic heterocycles. The van der Waals surface area contributed by atoms with Gasteiger partial charge in [-0.3, -0.25) is 0 Å². The van der Waals surface area contributed by atoms with Gasteiger partial charge in [0.2, 0.25) is 0 Å². The molecule has 1 saturated heterocycles. The second-order valence-electron chi connectivity index (χ2n) is 7.84. The molecule has 0 radical (unpaired) electrons. The van der Waals surface area contributed by atoms with E-state index in [-0.39, 0.29) is 36.5 Å². The number of unbranched alkanes of at least 4 members (excludes halogenated alkanes) is 1. The first-order valence-corrected chi connectivity index (χ1v) is 10.9. The highest BCUT2D eigenvalue weighted by Crippen LogP contribution is 2.25. The largest absolute Gasteiger partial charge is 0.444 e.